The Kier molecular flexibility index (Phi) is 5.23. The van der Waals surface area contributed by atoms with Crippen LogP contribution in [0.15, 0.2) is 30.5 Å². The molecule has 2 aromatic rings. The first-order valence-electron chi connectivity index (χ1n) is 12.4. The van der Waals surface area contributed by atoms with Crippen molar-refractivity contribution in [3.05, 3.63) is 41.6 Å². The highest BCUT2D eigenvalue weighted by molar-refractivity contribution is 5.59. The smallest absolute Gasteiger partial charge is 0.134 e. The Morgan fingerprint density at radius 1 is 0.969 bits per heavy atom. The molecule has 6 nitrogen and oxygen atoms in total. The number of fused-ring (bicyclic) bond motifs is 1. The van der Waals surface area contributed by atoms with Crippen LogP contribution in [0.4, 0.5) is 17.5 Å². The molecule has 32 heavy (non-hydrogen) atoms. The average Bonchev–Trinajstić information content (AvgIpc) is 3.57. The molecule has 166 valence electrons. The number of anilines is 3. The molecule has 1 N–H and O–H groups in total. The standard InChI is InChI=1S/C26H32N6/c27-14-19-5-8-28-24(11-19)29-25-12-23(20-6-9-31(10-7-20)15-18-1-2-18)13-26(30-25)32-16-21-3-4-22(21)17-32/h5,8,11-13,18,20-22H,1-4,6-7,9-10,15-17H2,(H,28,29,30). The maximum Gasteiger partial charge on any atom is 0.134 e. The first-order valence-corrected chi connectivity index (χ1v) is 12.4. The van der Waals surface area contributed by atoms with Crippen molar-refractivity contribution in [2.24, 2.45) is 17.8 Å². The van der Waals surface area contributed by atoms with E-state index in [0.717, 1.165) is 42.5 Å². The second-order valence-corrected chi connectivity index (χ2v) is 10.3. The Bertz CT molecular complexity index is 1010. The molecule has 0 spiro atoms. The molecule has 2 aliphatic carbocycles. The van der Waals surface area contributed by atoms with Crippen LogP contribution in [0.25, 0.3) is 0 Å². The number of pyridine rings is 2. The fourth-order valence-corrected chi connectivity index (χ4v) is 5.76. The highest BCUT2D eigenvalue weighted by atomic mass is 15.2. The number of nitrogens with one attached hydrogen (secondary N) is 1. The minimum absolute atomic E-state index is 0.588. The van der Waals surface area contributed by atoms with Gasteiger partial charge in [0.2, 0.25) is 0 Å². The molecule has 2 aromatic heterocycles. The van der Waals surface area contributed by atoms with Crippen molar-refractivity contribution in [1.29, 1.82) is 5.26 Å². The lowest BCUT2D eigenvalue weighted by atomic mass is 9.77. The van der Waals surface area contributed by atoms with Crippen LogP contribution in [-0.2, 0) is 0 Å². The minimum atomic E-state index is 0.588. The van der Waals surface area contributed by atoms with E-state index in [4.69, 9.17) is 4.98 Å². The Labute approximate surface area is 190 Å². The van der Waals surface area contributed by atoms with Gasteiger partial charge in [0, 0.05) is 25.8 Å². The average molecular weight is 429 g/mol. The predicted molar refractivity (Wildman–Crippen MR) is 126 cm³/mol. The number of rotatable bonds is 6. The van der Waals surface area contributed by atoms with Gasteiger partial charge in [-0.15, -0.1) is 0 Å². The second-order valence-electron chi connectivity index (χ2n) is 10.3. The van der Waals surface area contributed by atoms with Gasteiger partial charge >= 0.3 is 0 Å². The summed E-state index contributed by atoms with van der Waals surface area (Å²) in [6, 6.07) is 10.3. The molecule has 0 bridgehead atoms. The van der Waals surface area contributed by atoms with E-state index < -0.39 is 0 Å². The van der Waals surface area contributed by atoms with Crippen molar-refractivity contribution in [1.82, 2.24) is 14.9 Å². The number of piperidine rings is 1. The van der Waals surface area contributed by atoms with Crippen LogP contribution in [0, 0.1) is 29.1 Å². The topological polar surface area (TPSA) is 68.1 Å². The van der Waals surface area contributed by atoms with Gasteiger partial charge in [-0.3, -0.25) is 0 Å². The predicted octanol–water partition coefficient (Wildman–Crippen LogP) is 4.53. The molecule has 0 aromatic carbocycles. The van der Waals surface area contributed by atoms with E-state index >= 15 is 0 Å². The van der Waals surface area contributed by atoms with Crippen molar-refractivity contribution >= 4 is 17.5 Å². The summed E-state index contributed by atoms with van der Waals surface area (Å²) in [6.07, 6.45) is 9.74. The molecule has 2 saturated carbocycles. The van der Waals surface area contributed by atoms with Crippen LogP contribution in [0.1, 0.15) is 55.6 Å². The summed E-state index contributed by atoms with van der Waals surface area (Å²) >= 11 is 0. The van der Waals surface area contributed by atoms with E-state index in [0.29, 0.717) is 17.3 Å². The summed E-state index contributed by atoms with van der Waals surface area (Å²) in [4.78, 5) is 14.6. The highest BCUT2D eigenvalue weighted by Crippen LogP contribution is 2.42. The first kappa shape index (κ1) is 20.0. The summed E-state index contributed by atoms with van der Waals surface area (Å²) in [6.45, 7) is 6.01. The number of nitrogens with zero attached hydrogens (tertiary/aromatic N) is 5. The van der Waals surface area contributed by atoms with Gasteiger partial charge in [-0.2, -0.15) is 5.26 Å². The molecule has 6 heteroatoms. The van der Waals surface area contributed by atoms with Gasteiger partial charge in [0.25, 0.3) is 0 Å². The van der Waals surface area contributed by atoms with E-state index in [2.05, 4.69) is 38.3 Å². The second kappa shape index (κ2) is 8.37. The molecule has 0 amide bonds. The molecular weight excluding hydrogens is 396 g/mol. The van der Waals surface area contributed by atoms with Crippen molar-refractivity contribution in [3.63, 3.8) is 0 Å². The van der Waals surface area contributed by atoms with Gasteiger partial charge in [-0.05, 0) is 105 Å². The van der Waals surface area contributed by atoms with E-state index in [1.807, 2.05) is 0 Å². The molecule has 2 unspecified atom stereocenters. The Hall–Kier alpha value is -2.65. The lowest BCUT2D eigenvalue weighted by Gasteiger charge is -2.32. The molecule has 2 saturated heterocycles. The van der Waals surface area contributed by atoms with Crippen LogP contribution in [0.5, 0.6) is 0 Å². The van der Waals surface area contributed by atoms with Crippen LogP contribution in [0.2, 0.25) is 0 Å². The summed E-state index contributed by atoms with van der Waals surface area (Å²) in [5.74, 6) is 5.91. The van der Waals surface area contributed by atoms with Crippen LogP contribution >= 0.6 is 0 Å². The first-order chi connectivity index (χ1) is 15.7. The number of hydrogen-bond acceptors (Lipinski definition) is 6. The van der Waals surface area contributed by atoms with E-state index in [9.17, 15) is 5.26 Å². The fraction of sp³-hybridized carbons (Fsp3) is 0.577. The third-order valence-corrected chi connectivity index (χ3v) is 8.06. The summed E-state index contributed by atoms with van der Waals surface area (Å²) in [5, 5.41) is 12.6. The summed E-state index contributed by atoms with van der Waals surface area (Å²) < 4.78 is 0. The van der Waals surface area contributed by atoms with E-state index in [-0.39, 0.29) is 0 Å². The van der Waals surface area contributed by atoms with Crippen molar-refractivity contribution in [3.8, 4) is 6.07 Å². The third kappa shape index (κ3) is 4.19. The molecule has 6 rings (SSSR count). The molecule has 4 heterocycles. The molecule has 4 fully saturated rings. The van der Waals surface area contributed by atoms with Crippen LogP contribution < -0.4 is 10.2 Å². The Morgan fingerprint density at radius 2 is 1.75 bits per heavy atom. The minimum Gasteiger partial charge on any atom is -0.356 e. The van der Waals surface area contributed by atoms with Crippen LogP contribution in [0.3, 0.4) is 0 Å². The quantitative estimate of drug-likeness (QED) is 0.729. The zero-order chi connectivity index (χ0) is 21.5. The van der Waals surface area contributed by atoms with Gasteiger partial charge in [0.1, 0.15) is 17.5 Å². The molecule has 0 radical (unpaired) electrons. The lowest BCUT2D eigenvalue weighted by molar-refractivity contribution is 0.204. The number of likely N-dealkylation sites (tertiary alicyclic amines) is 1. The van der Waals surface area contributed by atoms with Gasteiger partial charge in [-0.25, -0.2) is 9.97 Å². The zero-order valence-electron chi connectivity index (χ0n) is 18.7. The monoisotopic (exact) mass is 428 g/mol. The number of nitriles is 1. The van der Waals surface area contributed by atoms with E-state index in [1.54, 1.807) is 18.3 Å². The summed E-state index contributed by atoms with van der Waals surface area (Å²) in [7, 11) is 0. The SMILES string of the molecule is N#Cc1ccnc(Nc2cc(C3CCN(CC4CC4)CC3)cc(N3CC4CCC4C3)n2)c1. The molecule has 2 atom stereocenters. The van der Waals surface area contributed by atoms with Gasteiger partial charge in [0.05, 0.1) is 11.6 Å². The molecule has 2 aliphatic heterocycles. The number of aromatic nitrogens is 2. The molecule has 4 aliphatic rings. The molecular formula is C26H32N6. The van der Waals surface area contributed by atoms with Crippen molar-refractivity contribution in [2.75, 3.05) is 42.9 Å². The largest absolute Gasteiger partial charge is 0.356 e. The van der Waals surface area contributed by atoms with E-state index in [1.165, 1.54) is 63.7 Å². The zero-order valence-corrected chi connectivity index (χ0v) is 18.7. The van der Waals surface area contributed by atoms with Crippen LogP contribution in [-0.4, -0.2) is 47.6 Å². The third-order valence-electron chi connectivity index (χ3n) is 8.06. The Morgan fingerprint density at radius 3 is 2.44 bits per heavy atom. The Balaban J connectivity index is 1.24. The fourth-order valence-electron chi connectivity index (χ4n) is 5.76. The van der Waals surface area contributed by atoms with Crippen molar-refractivity contribution in [2.45, 2.75) is 44.4 Å². The highest BCUT2D eigenvalue weighted by Gasteiger charge is 2.40. The maximum absolute atomic E-state index is 9.23. The summed E-state index contributed by atoms with van der Waals surface area (Å²) in [5.41, 5.74) is 2.01. The van der Waals surface area contributed by atoms with Gasteiger partial charge < -0.3 is 15.1 Å². The van der Waals surface area contributed by atoms with Gasteiger partial charge in [0.15, 0.2) is 0 Å². The normalized spacial score (nSPS) is 25.8. The number of hydrogen-bond donors (Lipinski definition) is 1. The van der Waals surface area contributed by atoms with Crippen molar-refractivity contribution < 1.29 is 0 Å². The lowest BCUT2D eigenvalue weighted by Crippen LogP contribution is -2.34. The van der Waals surface area contributed by atoms with Gasteiger partial charge in [-0.1, -0.05) is 0 Å². The maximum atomic E-state index is 9.23.